The third-order valence-corrected chi connectivity index (χ3v) is 4.08. The van der Waals surface area contributed by atoms with Gasteiger partial charge in [0.15, 0.2) is 12.4 Å². The number of amides is 1. The first-order valence-corrected chi connectivity index (χ1v) is 7.81. The van der Waals surface area contributed by atoms with Gasteiger partial charge in [-0.25, -0.2) is 4.68 Å². The van der Waals surface area contributed by atoms with Gasteiger partial charge in [-0.1, -0.05) is 11.6 Å². The van der Waals surface area contributed by atoms with Crippen LogP contribution >= 0.6 is 11.6 Å². The largest absolute Gasteiger partial charge is 0.471 e. The summed E-state index contributed by atoms with van der Waals surface area (Å²) in [6, 6.07) is 7.17. The first-order chi connectivity index (χ1) is 11.1. The number of halogens is 1. The van der Waals surface area contributed by atoms with Crippen LogP contribution in [-0.4, -0.2) is 46.9 Å². The molecule has 0 aliphatic carbocycles. The fourth-order valence-corrected chi connectivity index (χ4v) is 2.44. The van der Waals surface area contributed by atoms with Crippen molar-refractivity contribution in [2.75, 3.05) is 26.3 Å². The van der Waals surface area contributed by atoms with Crippen LogP contribution in [0.2, 0.25) is 5.02 Å². The molecule has 1 aliphatic rings. The van der Waals surface area contributed by atoms with E-state index < -0.39 is 0 Å². The molecular formula is C16H18ClN3O3. The number of nitrogens with zero attached hydrogens (tertiary/aromatic N) is 3. The quantitative estimate of drug-likeness (QED) is 0.860. The Labute approximate surface area is 139 Å². The first-order valence-electron chi connectivity index (χ1n) is 7.43. The van der Waals surface area contributed by atoms with Crippen LogP contribution in [0.4, 0.5) is 0 Å². The van der Waals surface area contributed by atoms with Crippen LogP contribution in [-0.2, 0) is 11.5 Å². The number of hydrogen-bond donors (Lipinski definition) is 0. The summed E-state index contributed by atoms with van der Waals surface area (Å²) < 4.78 is 12.5. The zero-order valence-electron chi connectivity index (χ0n) is 12.9. The van der Waals surface area contributed by atoms with Crippen molar-refractivity contribution in [3.63, 3.8) is 0 Å². The lowest BCUT2D eigenvalue weighted by molar-refractivity contribution is 0.0298. The molecule has 1 aromatic heterocycles. The van der Waals surface area contributed by atoms with Gasteiger partial charge in [0.05, 0.1) is 13.2 Å². The zero-order valence-corrected chi connectivity index (χ0v) is 13.6. The van der Waals surface area contributed by atoms with Crippen LogP contribution < -0.4 is 4.74 Å². The number of carbonyl (C=O) groups is 1. The molecule has 6 nitrogen and oxygen atoms in total. The maximum absolute atomic E-state index is 12.3. The molecule has 0 unspecified atom stereocenters. The van der Waals surface area contributed by atoms with Crippen LogP contribution in [0.25, 0.3) is 0 Å². The topological polar surface area (TPSA) is 56.6 Å². The Hall–Kier alpha value is -2.05. The lowest BCUT2D eigenvalue weighted by Gasteiger charge is -2.25. The molecule has 3 rings (SSSR count). The van der Waals surface area contributed by atoms with Crippen molar-refractivity contribution >= 4 is 17.5 Å². The van der Waals surface area contributed by atoms with E-state index in [0.29, 0.717) is 42.8 Å². The van der Waals surface area contributed by atoms with Gasteiger partial charge in [-0.3, -0.25) is 4.79 Å². The second-order valence-electron chi connectivity index (χ2n) is 5.33. The standard InChI is InChI=1S/C16H18ClN3O3/c1-12-10-13(2-3-14(12)17)23-11-20-5-4-15(18-20)16(21)19-6-8-22-9-7-19/h2-5,10H,6-9,11H2,1H3. The number of rotatable bonds is 4. The maximum Gasteiger partial charge on any atom is 0.274 e. The minimum Gasteiger partial charge on any atom is -0.471 e. The number of morpholine rings is 1. The molecule has 122 valence electrons. The highest BCUT2D eigenvalue weighted by atomic mass is 35.5. The normalized spacial score (nSPS) is 14.8. The number of aromatic nitrogens is 2. The lowest BCUT2D eigenvalue weighted by Crippen LogP contribution is -2.40. The van der Waals surface area contributed by atoms with E-state index in [1.807, 2.05) is 13.0 Å². The summed E-state index contributed by atoms with van der Waals surface area (Å²) in [5.41, 5.74) is 1.37. The summed E-state index contributed by atoms with van der Waals surface area (Å²) in [4.78, 5) is 14.1. The smallest absolute Gasteiger partial charge is 0.274 e. The Morgan fingerprint density at radius 3 is 2.87 bits per heavy atom. The summed E-state index contributed by atoms with van der Waals surface area (Å²) >= 11 is 5.99. The van der Waals surface area contributed by atoms with Crippen LogP contribution in [0, 0.1) is 6.92 Å². The Morgan fingerprint density at radius 1 is 1.35 bits per heavy atom. The molecule has 0 radical (unpaired) electrons. The molecule has 1 saturated heterocycles. The van der Waals surface area contributed by atoms with E-state index in [1.165, 1.54) is 0 Å². The van der Waals surface area contributed by atoms with E-state index in [-0.39, 0.29) is 12.6 Å². The van der Waals surface area contributed by atoms with Crippen molar-refractivity contribution in [3.8, 4) is 5.75 Å². The van der Waals surface area contributed by atoms with Gasteiger partial charge in [-0.05, 0) is 36.8 Å². The fourth-order valence-electron chi connectivity index (χ4n) is 2.32. The van der Waals surface area contributed by atoms with Crippen LogP contribution in [0.1, 0.15) is 16.1 Å². The fraction of sp³-hybridized carbons (Fsp3) is 0.375. The molecule has 2 heterocycles. The number of carbonyl (C=O) groups excluding carboxylic acids is 1. The molecule has 23 heavy (non-hydrogen) atoms. The predicted octanol–water partition coefficient (Wildman–Crippen LogP) is 2.35. The summed E-state index contributed by atoms with van der Waals surface area (Å²) in [5.74, 6) is 0.637. The van der Waals surface area contributed by atoms with Crippen LogP contribution in [0.5, 0.6) is 5.75 Å². The van der Waals surface area contributed by atoms with Crippen molar-refractivity contribution in [2.24, 2.45) is 0 Å². The maximum atomic E-state index is 12.3. The van der Waals surface area contributed by atoms with Crippen molar-refractivity contribution in [3.05, 3.63) is 46.7 Å². The summed E-state index contributed by atoms with van der Waals surface area (Å²) in [5, 5.41) is 4.98. The molecular weight excluding hydrogens is 318 g/mol. The third kappa shape index (κ3) is 3.83. The van der Waals surface area contributed by atoms with Crippen molar-refractivity contribution in [2.45, 2.75) is 13.7 Å². The average Bonchev–Trinajstić information content (AvgIpc) is 3.05. The highest BCUT2D eigenvalue weighted by Crippen LogP contribution is 2.21. The Balaban J connectivity index is 1.60. The zero-order chi connectivity index (χ0) is 16.2. The molecule has 2 aromatic rings. The van der Waals surface area contributed by atoms with E-state index in [4.69, 9.17) is 21.1 Å². The summed E-state index contributed by atoms with van der Waals surface area (Å²) in [6.45, 7) is 4.51. The van der Waals surface area contributed by atoms with Crippen LogP contribution in [0.15, 0.2) is 30.5 Å². The van der Waals surface area contributed by atoms with E-state index in [0.717, 1.165) is 5.56 Å². The second kappa shape index (κ2) is 7.02. The Morgan fingerprint density at radius 2 is 2.13 bits per heavy atom. The van der Waals surface area contributed by atoms with Crippen molar-refractivity contribution in [1.29, 1.82) is 0 Å². The molecule has 7 heteroatoms. The summed E-state index contributed by atoms with van der Waals surface area (Å²) in [6.07, 6.45) is 1.73. The lowest BCUT2D eigenvalue weighted by atomic mass is 10.2. The number of benzene rings is 1. The van der Waals surface area contributed by atoms with Gasteiger partial charge in [0, 0.05) is 24.3 Å². The van der Waals surface area contributed by atoms with Crippen molar-refractivity contribution < 1.29 is 14.3 Å². The second-order valence-corrected chi connectivity index (χ2v) is 5.74. The number of ether oxygens (including phenoxy) is 2. The molecule has 0 saturated carbocycles. The monoisotopic (exact) mass is 335 g/mol. The van der Waals surface area contributed by atoms with E-state index in [2.05, 4.69) is 5.10 Å². The van der Waals surface area contributed by atoms with Crippen LogP contribution in [0.3, 0.4) is 0 Å². The Kier molecular flexibility index (Phi) is 4.83. The van der Waals surface area contributed by atoms with Gasteiger partial charge in [0.2, 0.25) is 0 Å². The minimum absolute atomic E-state index is 0.0746. The molecule has 1 fully saturated rings. The van der Waals surface area contributed by atoms with E-state index in [1.54, 1.807) is 34.0 Å². The minimum atomic E-state index is -0.0746. The molecule has 0 atom stereocenters. The van der Waals surface area contributed by atoms with Crippen molar-refractivity contribution in [1.82, 2.24) is 14.7 Å². The highest BCUT2D eigenvalue weighted by molar-refractivity contribution is 6.31. The average molecular weight is 336 g/mol. The Bertz CT molecular complexity index is 696. The number of hydrogen-bond acceptors (Lipinski definition) is 4. The first kappa shape index (κ1) is 15.8. The van der Waals surface area contributed by atoms with Gasteiger partial charge < -0.3 is 14.4 Å². The molecule has 1 aromatic carbocycles. The molecule has 0 N–H and O–H groups in total. The molecule has 1 aliphatic heterocycles. The van der Waals surface area contributed by atoms with Gasteiger partial charge in [0.1, 0.15) is 5.75 Å². The van der Waals surface area contributed by atoms with Gasteiger partial charge in [0.25, 0.3) is 5.91 Å². The van der Waals surface area contributed by atoms with Gasteiger partial charge in [-0.15, -0.1) is 0 Å². The molecule has 1 amide bonds. The van der Waals surface area contributed by atoms with Gasteiger partial charge in [-0.2, -0.15) is 5.10 Å². The van der Waals surface area contributed by atoms with Gasteiger partial charge >= 0.3 is 0 Å². The van der Waals surface area contributed by atoms with E-state index >= 15 is 0 Å². The molecule has 0 spiro atoms. The molecule has 0 bridgehead atoms. The SMILES string of the molecule is Cc1cc(OCn2ccc(C(=O)N3CCOCC3)n2)ccc1Cl. The predicted molar refractivity (Wildman–Crippen MR) is 85.8 cm³/mol. The van der Waals surface area contributed by atoms with E-state index in [9.17, 15) is 4.79 Å². The highest BCUT2D eigenvalue weighted by Gasteiger charge is 2.20. The third-order valence-electron chi connectivity index (χ3n) is 3.65. The number of aryl methyl sites for hydroxylation is 1. The summed E-state index contributed by atoms with van der Waals surface area (Å²) in [7, 11) is 0.